The summed E-state index contributed by atoms with van der Waals surface area (Å²) in [7, 11) is 0. The van der Waals surface area contributed by atoms with E-state index in [1.165, 1.54) is 31.6 Å². The van der Waals surface area contributed by atoms with Crippen molar-refractivity contribution < 1.29 is 0 Å². The van der Waals surface area contributed by atoms with Gasteiger partial charge in [0.2, 0.25) is 0 Å². The van der Waals surface area contributed by atoms with Crippen LogP contribution in [-0.4, -0.2) is 18.0 Å². The van der Waals surface area contributed by atoms with Crippen molar-refractivity contribution in [2.75, 3.05) is 13.1 Å². The molecule has 0 aromatic heterocycles. The summed E-state index contributed by atoms with van der Waals surface area (Å²) < 4.78 is 0. The lowest BCUT2D eigenvalue weighted by Gasteiger charge is -2.23. The molecule has 65 valence electrons. The van der Waals surface area contributed by atoms with E-state index in [1.54, 1.807) is 0 Å². The summed E-state index contributed by atoms with van der Waals surface area (Å²) in [6, 6.07) is 0. The van der Waals surface area contributed by atoms with Gasteiger partial charge in [0, 0.05) is 13.1 Å². The number of allylic oxidation sites excluding steroid dienone is 3. The Kier molecular flexibility index (Phi) is 2.40. The predicted molar refractivity (Wildman–Crippen MR) is 51.7 cm³/mol. The SMILES string of the molecule is ClC1=C[CH]CC=C1N1CCCC1. The van der Waals surface area contributed by atoms with Crippen LogP contribution in [0.4, 0.5) is 0 Å². The van der Waals surface area contributed by atoms with Crippen molar-refractivity contribution in [1.82, 2.24) is 4.90 Å². The largest absolute Gasteiger partial charge is 0.371 e. The molecule has 1 radical (unpaired) electrons. The maximum Gasteiger partial charge on any atom is 0.0599 e. The second-order valence-electron chi connectivity index (χ2n) is 3.27. The number of nitrogens with zero attached hydrogens (tertiary/aromatic N) is 1. The Morgan fingerprint density at radius 1 is 1.25 bits per heavy atom. The molecular formula is C10H13ClN. The van der Waals surface area contributed by atoms with Crippen LogP contribution in [0.15, 0.2) is 22.9 Å². The maximum absolute atomic E-state index is 6.08. The molecule has 1 saturated heterocycles. The first-order valence-corrected chi connectivity index (χ1v) is 4.90. The molecule has 0 spiro atoms. The van der Waals surface area contributed by atoms with Crippen LogP contribution in [0, 0.1) is 6.42 Å². The molecule has 2 heteroatoms. The highest BCUT2D eigenvalue weighted by Crippen LogP contribution is 2.27. The van der Waals surface area contributed by atoms with Crippen molar-refractivity contribution in [3.63, 3.8) is 0 Å². The fraction of sp³-hybridized carbons (Fsp3) is 0.500. The van der Waals surface area contributed by atoms with Gasteiger partial charge >= 0.3 is 0 Å². The molecule has 0 bridgehead atoms. The minimum atomic E-state index is 0.906. The maximum atomic E-state index is 6.08. The van der Waals surface area contributed by atoms with Gasteiger partial charge < -0.3 is 4.90 Å². The van der Waals surface area contributed by atoms with Gasteiger partial charge in [0.05, 0.1) is 10.7 Å². The Bertz CT molecular complexity index is 224. The van der Waals surface area contributed by atoms with Crippen molar-refractivity contribution in [2.24, 2.45) is 0 Å². The van der Waals surface area contributed by atoms with Crippen molar-refractivity contribution >= 4 is 11.6 Å². The second-order valence-corrected chi connectivity index (χ2v) is 3.68. The van der Waals surface area contributed by atoms with Gasteiger partial charge in [0.25, 0.3) is 0 Å². The highest BCUT2D eigenvalue weighted by atomic mass is 35.5. The molecule has 1 nitrogen and oxygen atoms in total. The summed E-state index contributed by atoms with van der Waals surface area (Å²) >= 11 is 6.08. The minimum absolute atomic E-state index is 0.906. The first-order valence-electron chi connectivity index (χ1n) is 4.52. The van der Waals surface area contributed by atoms with E-state index in [0.29, 0.717) is 0 Å². The highest BCUT2D eigenvalue weighted by Gasteiger charge is 2.17. The molecule has 1 heterocycles. The van der Waals surface area contributed by atoms with E-state index in [9.17, 15) is 0 Å². The topological polar surface area (TPSA) is 3.24 Å². The Labute approximate surface area is 78.7 Å². The summed E-state index contributed by atoms with van der Waals surface area (Å²) in [4.78, 5) is 2.38. The van der Waals surface area contributed by atoms with Gasteiger partial charge in [-0.3, -0.25) is 0 Å². The average Bonchev–Trinajstić information content (AvgIpc) is 2.57. The van der Waals surface area contributed by atoms with E-state index in [4.69, 9.17) is 11.6 Å². The fourth-order valence-corrected chi connectivity index (χ4v) is 2.06. The number of hydrogen-bond donors (Lipinski definition) is 0. The Morgan fingerprint density at radius 3 is 2.67 bits per heavy atom. The average molecular weight is 183 g/mol. The molecule has 0 unspecified atom stereocenters. The van der Waals surface area contributed by atoms with Crippen molar-refractivity contribution in [3.05, 3.63) is 29.3 Å². The van der Waals surface area contributed by atoms with E-state index in [-0.39, 0.29) is 0 Å². The van der Waals surface area contributed by atoms with Crippen LogP contribution < -0.4 is 0 Å². The summed E-state index contributed by atoms with van der Waals surface area (Å²) in [6.45, 7) is 2.35. The van der Waals surface area contributed by atoms with Crippen LogP contribution in [0.5, 0.6) is 0 Å². The molecule has 2 rings (SSSR count). The zero-order valence-electron chi connectivity index (χ0n) is 7.09. The lowest BCUT2D eigenvalue weighted by atomic mass is 10.1. The van der Waals surface area contributed by atoms with E-state index >= 15 is 0 Å². The summed E-state index contributed by atoms with van der Waals surface area (Å²) in [5.74, 6) is 0. The first-order chi connectivity index (χ1) is 5.88. The highest BCUT2D eigenvalue weighted by molar-refractivity contribution is 6.32. The Morgan fingerprint density at radius 2 is 2.00 bits per heavy atom. The monoisotopic (exact) mass is 182 g/mol. The zero-order valence-corrected chi connectivity index (χ0v) is 7.85. The van der Waals surface area contributed by atoms with Crippen LogP contribution >= 0.6 is 11.6 Å². The number of halogens is 1. The third kappa shape index (κ3) is 1.51. The molecule has 0 atom stereocenters. The van der Waals surface area contributed by atoms with E-state index in [0.717, 1.165) is 11.5 Å². The Balaban J connectivity index is 2.10. The number of hydrogen-bond acceptors (Lipinski definition) is 1. The molecule has 1 aliphatic carbocycles. The van der Waals surface area contributed by atoms with E-state index in [1.807, 2.05) is 6.08 Å². The molecule has 0 aromatic rings. The molecule has 1 fully saturated rings. The van der Waals surface area contributed by atoms with E-state index < -0.39 is 0 Å². The summed E-state index contributed by atoms with van der Waals surface area (Å²) in [6.07, 6.45) is 9.98. The van der Waals surface area contributed by atoms with Crippen LogP contribution in [0.1, 0.15) is 19.3 Å². The summed E-state index contributed by atoms with van der Waals surface area (Å²) in [5, 5.41) is 0.906. The molecule has 0 amide bonds. The van der Waals surface area contributed by atoms with Crippen LogP contribution in [0.2, 0.25) is 0 Å². The molecule has 1 aliphatic heterocycles. The third-order valence-electron chi connectivity index (χ3n) is 2.40. The van der Waals surface area contributed by atoms with Gasteiger partial charge in [-0.25, -0.2) is 0 Å². The second kappa shape index (κ2) is 3.53. The molecular weight excluding hydrogens is 170 g/mol. The van der Waals surface area contributed by atoms with Gasteiger partial charge in [-0.05, 0) is 25.7 Å². The van der Waals surface area contributed by atoms with Crippen LogP contribution in [0.3, 0.4) is 0 Å². The minimum Gasteiger partial charge on any atom is -0.371 e. The predicted octanol–water partition coefficient (Wildman–Crippen LogP) is 2.70. The number of likely N-dealkylation sites (tertiary alicyclic amines) is 1. The van der Waals surface area contributed by atoms with Gasteiger partial charge in [-0.1, -0.05) is 23.8 Å². The zero-order chi connectivity index (χ0) is 8.39. The quantitative estimate of drug-likeness (QED) is 0.603. The molecule has 0 aromatic carbocycles. The molecule has 0 N–H and O–H groups in total. The van der Waals surface area contributed by atoms with Crippen molar-refractivity contribution in [1.29, 1.82) is 0 Å². The van der Waals surface area contributed by atoms with Crippen LogP contribution in [-0.2, 0) is 0 Å². The smallest absolute Gasteiger partial charge is 0.0599 e. The van der Waals surface area contributed by atoms with Gasteiger partial charge in [0.1, 0.15) is 0 Å². The van der Waals surface area contributed by atoms with Gasteiger partial charge in [-0.15, -0.1) is 0 Å². The van der Waals surface area contributed by atoms with Crippen molar-refractivity contribution in [3.8, 4) is 0 Å². The standard InChI is InChI=1S/C10H13ClN/c11-9-5-1-2-6-10(9)12-7-3-4-8-12/h1,5-6H,2-4,7-8H2. The first kappa shape index (κ1) is 8.18. The van der Waals surface area contributed by atoms with Gasteiger partial charge in [0.15, 0.2) is 0 Å². The summed E-state index contributed by atoms with van der Waals surface area (Å²) in [5.41, 5.74) is 1.25. The molecule has 0 saturated carbocycles. The van der Waals surface area contributed by atoms with Crippen LogP contribution in [0.25, 0.3) is 0 Å². The van der Waals surface area contributed by atoms with E-state index in [2.05, 4.69) is 17.4 Å². The molecule has 12 heavy (non-hydrogen) atoms. The third-order valence-corrected chi connectivity index (χ3v) is 2.72. The number of rotatable bonds is 1. The molecule has 2 aliphatic rings. The fourth-order valence-electron chi connectivity index (χ4n) is 1.77. The van der Waals surface area contributed by atoms with Gasteiger partial charge in [-0.2, -0.15) is 0 Å². The lowest BCUT2D eigenvalue weighted by Crippen LogP contribution is -2.19. The van der Waals surface area contributed by atoms with Crippen molar-refractivity contribution in [2.45, 2.75) is 19.3 Å². The lowest BCUT2D eigenvalue weighted by molar-refractivity contribution is 0.435. The normalized spacial score (nSPS) is 23.9. The Hall–Kier alpha value is -0.430.